The summed E-state index contributed by atoms with van der Waals surface area (Å²) in [6.45, 7) is 1.02. The summed E-state index contributed by atoms with van der Waals surface area (Å²) in [4.78, 5) is 29.7. The fourth-order valence-corrected chi connectivity index (χ4v) is 3.88. The van der Waals surface area contributed by atoms with Crippen LogP contribution < -0.4 is 15.7 Å². The van der Waals surface area contributed by atoms with E-state index in [4.69, 9.17) is 13.6 Å². The van der Waals surface area contributed by atoms with Crippen molar-refractivity contribution in [2.45, 2.75) is 13.0 Å². The SMILES string of the molecule is COc1ccc(-c2oc3c(c2CC(=O)NCCn2ccnc2)c(=O)oc2ccccc23)cc1. The number of aromatic nitrogens is 2. The van der Waals surface area contributed by atoms with Crippen LogP contribution in [0.3, 0.4) is 0 Å². The van der Waals surface area contributed by atoms with Crippen molar-refractivity contribution in [3.05, 3.63) is 83.2 Å². The highest BCUT2D eigenvalue weighted by atomic mass is 16.5. The number of benzene rings is 2. The van der Waals surface area contributed by atoms with Gasteiger partial charge in [-0.05, 0) is 36.4 Å². The summed E-state index contributed by atoms with van der Waals surface area (Å²) in [5.41, 5.74) is 1.54. The van der Waals surface area contributed by atoms with Gasteiger partial charge in [-0.25, -0.2) is 9.78 Å². The Hall–Kier alpha value is -4.33. The molecule has 0 aliphatic rings. The summed E-state index contributed by atoms with van der Waals surface area (Å²) in [5, 5.41) is 3.85. The van der Waals surface area contributed by atoms with Crippen LogP contribution in [0.15, 0.2) is 80.9 Å². The van der Waals surface area contributed by atoms with Crippen molar-refractivity contribution in [2.75, 3.05) is 13.7 Å². The van der Waals surface area contributed by atoms with Gasteiger partial charge in [0.2, 0.25) is 5.91 Å². The minimum atomic E-state index is -0.534. The van der Waals surface area contributed by atoms with Gasteiger partial charge in [0.05, 0.1) is 25.2 Å². The molecule has 8 nitrogen and oxygen atoms in total. The zero-order chi connectivity index (χ0) is 22.8. The quantitative estimate of drug-likeness (QED) is 0.385. The van der Waals surface area contributed by atoms with Crippen molar-refractivity contribution in [1.29, 1.82) is 0 Å². The van der Waals surface area contributed by atoms with Gasteiger partial charge in [-0.2, -0.15) is 0 Å². The standard InChI is InChI=1S/C25H21N3O5/c1-31-17-8-6-16(7-9-17)23-19(14-21(29)27-11-13-28-12-10-26-15-28)22-24(33-23)18-4-2-3-5-20(18)32-25(22)30/h2-10,12,15H,11,13-14H2,1H3,(H,27,29). The Morgan fingerprint density at radius 3 is 2.70 bits per heavy atom. The summed E-state index contributed by atoms with van der Waals surface area (Å²) in [5.74, 6) is 0.930. The highest BCUT2D eigenvalue weighted by Gasteiger charge is 2.24. The Labute approximate surface area is 188 Å². The maximum Gasteiger partial charge on any atom is 0.347 e. The largest absolute Gasteiger partial charge is 0.497 e. The minimum Gasteiger partial charge on any atom is -0.497 e. The van der Waals surface area contributed by atoms with E-state index in [-0.39, 0.29) is 17.7 Å². The van der Waals surface area contributed by atoms with E-state index in [0.717, 1.165) is 5.56 Å². The van der Waals surface area contributed by atoms with E-state index in [1.54, 1.807) is 43.9 Å². The number of methoxy groups -OCH3 is 1. The molecule has 1 N–H and O–H groups in total. The van der Waals surface area contributed by atoms with Crippen LogP contribution >= 0.6 is 0 Å². The molecule has 1 amide bonds. The molecule has 0 atom stereocenters. The molecule has 0 spiro atoms. The molecule has 2 aromatic carbocycles. The smallest absolute Gasteiger partial charge is 0.347 e. The van der Waals surface area contributed by atoms with Gasteiger partial charge in [-0.3, -0.25) is 4.79 Å². The Balaban J connectivity index is 1.56. The third kappa shape index (κ3) is 3.98. The molecule has 3 aromatic heterocycles. The number of hydrogen-bond donors (Lipinski definition) is 1. The normalized spacial score (nSPS) is 11.2. The van der Waals surface area contributed by atoms with Gasteiger partial charge < -0.3 is 23.5 Å². The van der Waals surface area contributed by atoms with E-state index in [1.165, 1.54) is 0 Å². The summed E-state index contributed by atoms with van der Waals surface area (Å²) >= 11 is 0. The van der Waals surface area contributed by atoms with E-state index in [0.29, 0.717) is 46.7 Å². The van der Waals surface area contributed by atoms with E-state index in [9.17, 15) is 9.59 Å². The maximum absolute atomic E-state index is 12.9. The number of imidazole rings is 1. The molecule has 0 bridgehead atoms. The van der Waals surface area contributed by atoms with Crippen LogP contribution in [0.2, 0.25) is 0 Å². The molecule has 166 valence electrons. The minimum absolute atomic E-state index is 0.0264. The maximum atomic E-state index is 12.9. The van der Waals surface area contributed by atoms with Crippen LogP contribution in [0.25, 0.3) is 33.3 Å². The first kappa shape index (κ1) is 20.6. The Kier molecular flexibility index (Phi) is 5.40. The number of rotatable bonds is 7. The third-order valence-corrected chi connectivity index (χ3v) is 5.49. The molecule has 0 fully saturated rings. The monoisotopic (exact) mass is 443 g/mol. The van der Waals surface area contributed by atoms with Crippen LogP contribution in [0.1, 0.15) is 5.56 Å². The zero-order valence-corrected chi connectivity index (χ0v) is 17.9. The number of furan rings is 1. The van der Waals surface area contributed by atoms with Gasteiger partial charge in [-0.1, -0.05) is 12.1 Å². The number of ether oxygens (including phenoxy) is 1. The summed E-state index contributed by atoms with van der Waals surface area (Å²) < 4.78 is 18.9. The number of fused-ring (bicyclic) bond motifs is 3. The Morgan fingerprint density at radius 1 is 1.12 bits per heavy atom. The average Bonchev–Trinajstić information content (AvgIpc) is 3.48. The second kappa shape index (κ2) is 8.66. The molecular weight excluding hydrogens is 422 g/mol. The molecular formula is C25H21N3O5. The van der Waals surface area contributed by atoms with E-state index < -0.39 is 5.63 Å². The van der Waals surface area contributed by atoms with Crippen molar-refractivity contribution in [2.24, 2.45) is 0 Å². The van der Waals surface area contributed by atoms with Gasteiger partial charge in [-0.15, -0.1) is 0 Å². The van der Waals surface area contributed by atoms with Gasteiger partial charge in [0.1, 0.15) is 22.5 Å². The molecule has 0 saturated heterocycles. The van der Waals surface area contributed by atoms with Crippen LogP contribution in [0.4, 0.5) is 0 Å². The lowest BCUT2D eigenvalue weighted by molar-refractivity contribution is -0.120. The van der Waals surface area contributed by atoms with Crippen LogP contribution in [0, 0.1) is 0 Å². The first-order chi connectivity index (χ1) is 16.1. The van der Waals surface area contributed by atoms with E-state index in [1.807, 2.05) is 35.0 Å². The first-order valence-electron chi connectivity index (χ1n) is 10.5. The van der Waals surface area contributed by atoms with Crippen molar-refractivity contribution in [3.63, 3.8) is 0 Å². The molecule has 0 aliphatic heterocycles. The summed E-state index contributed by atoms with van der Waals surface area (Å²) in [7, 11) is 1.59. The highest BCUT2D eigenvalue weighted by Crippen LogP contribution is 2.36. The molecule has 33 heavy (non-hydrogen) atoms. The highest BCUT2D eigenvalue weighted by molar-refractivity contribution is 6.05. The number of nitrogens with zero attached hydrogens (tertiary/aromatic N) is 2. The zero-order valence-electron chi connectivity index (χ0n) is 17.9. The molecule has 8 heteroatoms. The second-order valence-corrected chi connectivity index (χ2v) is 7.56. The van der Waals surface area contributed by atoms with Gasteiger partial charge >= 0.3 is 5.63 Å². The average molecular weight is 443 g/mol. The number of nitrogens with one attached hydrogen (secondary N) is 1. The molecule has 5 rings (SSSR count). The van der Waals surface area contributed by atoms with Crippen LogP contribution in [-0.4, -0.2) is 29.1 Å². The summed E-state index contributed by atoms with van der Waals surface area (Å²) in [6, 6.07) is 14.5. The molecule has 0 unspecified atom stereocenters. The third-order valence-electron chi connectivity index (χ3n) is 5.49. The van der Waals surface area contributed by atoms with Gasteiger partial charge in [0.15, 0.2) is 5.58 Å². The number of para-hydroxylation sites is 1. The number of hydrogen-bond acceptors (Lipinski definition) is 6. The Morgan fingerprint density at radius 2 is 1.94 bits per heavy atom. The lowest BCUT2D eigenvalue weighted by atomic mass is 10.0. The topological polar surface area (TPSA) is 99.5 Å². The van der Waals surface area contributed by atoms with Crippen molar-refractivity contribution >= 4 is 27.8 Å². The molecule has 5 aromatic rings. The molecule has 0 saturated carbocycles. The molecule has 0 aliphatic carbocycles. The van der Waals surface area contributed by atoms with Crippen molar-refractivity contribution in [3.8, 4) is 17.1 Å². The fourth-order valence-electron chi connectivity index (χ4n) is 3.88. The lowest BCUT2D eigenvalue weighted by Crippen LogP contribution is -2.28. The van der Waals surface area contributed by atoms with Crippen molar-refractivity contribution < 1.29 is 18.4 Å². The van der Waals surface area contributed by atoms with Crippen LogP contribution in [-0.2, 0) is 17.8 Å². The summed E-state index contributed by atoms with van der Waals surface area (Å²) in [6.07, 6.45) is 5.17. The van der Waals surface area contributed by atoms with E-state index in [2.05, 4.69) is 10.3 Å². The van der Waals surface area contributed by atoms with Crippen LogP contribution in [0.5, 0.6) is 5.75 Å². The van der Waals surface area contributed by atoms with E-state index >= 15 is 0 Å². The number of amides is 1. The predicted molar refractivity (Wildman–Crippen MR) is 123 cm³/mol. The van der Waals surface area contributed by atoms with Gasteiger partial charge in [0, 0.05) is 36.6 Å². The first-order valence-corrected chi connectivity index (χ1v) is 10.5. The second-order valence-electron chi connectivity index (χ2n) is 7.56. The number of carbonyl (C=O) groups is 1. The van der Waals surface area contributed by atoms with Gasteiger partial charge in [0.25, 0.3) is 0 Å². The Bertz CT molecular complexity index is 1480. The van der Waals surface area contributed by atoms with Crippen molar-refractivity contribution in [1.82, 2.24) is 14.9 Å². The number of carbonyl (C=O) groups excluding carboxylic acids is 1. The predicted octanol–water partition coefficient (Wildman–Crippen LogP) is 3.77. The molecule has 0 radical (unpaired) electrons. The lowest BCUT2D eigenvalue weighted by Gasteiger charge is -2.07. The fraction of sp³-hybridized carbons (Fsp3) is 0.160. The molecule has 3 heterocycles.